The second kappa shape index (κ2) is 10.4. The summed E-state index contributed by atoms with van der Waals surface area (Å²) in [4.78, 5) is 29.4. The van der Waals surface area contributed by atoms with Crippen LogP contribution in [0.3, 0.4) is 0 Å². The fraction of sp³-hybridized carbons (Fsp3) is 0.207. The molecule has 4 aromatic rings. The normalized spacial score (nSPS) is 16.0. The highest BCUT2D eigenvalue weighted by Gasteiger charge is 2.41. The maximum atomic E-state index is 14.1. The summed E-state index contributed by atoms with van der Waals surface area (Å²) in [5.41, 5.74) is 3.58. The van der Waals surface area contributed by atoms with Crippen molar-refractivity contribution in [2.75, 3.05) is 24.6 Å². The Morgan fingerprint density at radius 2 is 1.82 bits per heavy atom. The predicted molar refractivity (Wildman–Crippen MR) is 147 cm³/mol. The number of carbonyl (C=O) groups is 2. The standard InChI is InChI=1S/C29H26N4O5S/c1-18-26-27(28(35)30-15-19-8-6-7-11-22(19)36-2)32(21-12-13-23-24(14-21)38-17-37-23)25(34)16-39-29(26)33(31-18)20-9-4-3-5-10-20/h3-14,27H,15-17H2,1-2H3,(H,30,35). The van der Waals surface area contributed by atoms with Gasteiger partial charge in [0.1, 0.15) is 16.8 Å². The van der Waals surface area contributed by atoms with Crippen LogP contribution >= 0.6 is 11.8 Å². The van der Waals surface area contributed by atoms with Crippen molar-refractivity contribution < 1.29 is 23.8 Å². The number of para-hydroxylation sites is 2. The Bertz CT molecular complexity index is 1550. The number of nitrogens with zero attached hydrogens (tertiary/aromatic N) is 3. The van der Waals surface area contributed by atoms with E-state index < -0.39 is 6.04 Å². The summed E-state index contributed by atoms with van der Waals surface area (Å²) in [5.74, 6) is 1.41. The van der Waals surface area contributed by atoms with Gasteiger partial charge in [0.15, 0.2) is 11.5 Å². The smallest absolute Gasteiger partial charge is 0.248 e. The van der Waals surface area contributed by atoms with Crippen LogP contribution in [0.5, 0.6) is 17.2 Å². The molecule has 198 valence electrons. The zero-order chi connectivity index (χ0) is 26.9. The molecular weight excluding hydrogens is 516 g/mol. The molecule has 2 aliphatic rings. The van der Waals surface area contributed by atoms with E-state index in [1.165, 1.54) is 11.8 Å². The number of hydrogen-bond acceptors (Lipinski definition) is 7. The van der Waals surface area contributed by atoms with Gasteiger partial charge in [-0.1, -0.05) is 48.2 Å². The molecule has 0 spiro atoms. The van der Waals surface area contributed by atoms with E-state index in [1.54, 1.807) is 30.2 Å². The van der Waals surface area contributed by atoms with Crippen LogP contribution < -0.4 is 24.4 Å². The Morgan fingerprint density at radius 3 is 2.64 bits per heavy atom. The number of amides is 2. The molecule has 0 bridgehead atoms. The summed E-state index contributed by atoms with van der Waals surface area (Å²) in [7, 11) is 1.59. The van der Waals surface area contributed by atoms with E-state index in [0.717, 1.165) is 16.3 Å². The van der Waals surface area contributed by atoms with Gasteiger partial charge in [0, 0.05) is 29.4 Å². The molecule has 0 saturated heterocycles. The third-order valence-corrected chi connectivity index (χ3v) is 7.78. The summed E-state index contributed by atoms with van der Waals surface area (Å²) in [6.45, 7) is 2.21. The first kappa shape index (κ1) is 24.9. The van der Waals surface area contributed by atoms with Crippen molar-refractivity contribution in [3.63, 3.8) is 0 Å². The summed E-state index contributed by atoms with van der Waals surface area (Å²) in [6, 6.07) is 21.5. The number of benzene rings is 3. The van der Waals surface area contributed by atoms with Gasteiger partial charge < -0.3 is 19.5 Å². The highest BCUT2D eigenvalue weighted by molar-refractivity contribution is 8.00. The van der Waals surface area contributed by atoms with Crippen molar-refractivity contribution in [2.45, 2.75) is 24.5 Å². The van der Waals surface area contributed by atoms with Crippen molar-refractivity contribution in [1.29, 1.82) is 0 Å². The van der Waals surface area contributed by atoms with Crippen molar-refractivity contribution in [2.24, 2.45) is 0 Å². The van der Waals surface area contributed by atoms with Gasteiger partial charge in [0.2, 0.25) is 18.6 Å². The van der Waals surface area contributed by atoms with Gasteiger partial charge >= 0.3 is 0 Å². The van der Waals surface area contributed by atoms with E-state index in [0.29, 0.717) is 34.2 Å². The molecule has 1 unspecified atom stereocenters. The monoisotopic (exact) mass is 542 g/mol. The molecule has 0 saturated carbocycles. The number of fused-ring (bicyclic) bond motifs is 2. The lowest BCUT2D eigenvalue weighted by molar-refractivity contribution is -0.126. The maximum absolute atomic E-state index is 14.1. The average molecular weight is 543 g/mol. The van der Waals surface area contributed by atoms with Gasteiger partial charge in [-0.15, -0.1) is 0 Å². The first-order valence-electron chi connectivity index (χ1n) is 12.4. The number of methoxy groups -OCH3 is 1. The Balaban J connectivity index is 1.45. The summed E-state index contributed by atoms with van der Waals surface area (Å²) in [6.07, 6.45) is 0. The van der Waals surface area contributed by atoms with Crippen LogP contribution in [0.4, 0.5) is 5.69 Å². The van der Waals surface area contributed by atoms with E-state index in [1.807, 2.05) is 66.2 Å². The van der Waals surface area contributed by atoms with Crippen LogP contribution in [-0.2, 0) is 16.1 Å². The lowest BCUT2D eigenvalue weighted by Gasteiger charge is -2.30. The van der Waals surface area contributed by atoms with Gasteiger partial charge in [-0.3, -0.25) is 14.5 Å². The number of carbonyl (C=O) groups excluding carboxylic acids is 2. The van der Waals surface area contributed by atoms with E-state index in [4.69, 9.17) is 19.3 Å². The van der Waals surface area contributed by atoms with Crippen LogP contribution in [0.15, 0.2) is 77.8 Å². The lowest BCUT2D eigenvalue weighted by Crippen LogP contribution is -2.44. The largest absolute Gasteiger partial charge is 0.496 e. The van der Waals surface area contributed by atoms with Gasteiger partial charge in [0.05, 0.1) is 24.2 Å². The fourth-order valence-corrected chi connectivity index (χ4v) is 5.98. The van der Waals surface area contributed by atoms with Crippen LogP contribution in [-0.4, -0.2) is 41.3 Å². The molecular formula is C29H26N4O5S. The van der Waals surface area contributed by atoms with Crippen molar-refractivity contribution in [3.05, 3.63) is 89.6 Å². The van der Waals surface area contributed by atoms with E-state index in [9.17, 15) is 9.59 Å². The van der Waals surface area contributed by atoms with Crippen molar-refractivity contribution in [1.82, 2.24) is 15.1 Å². The number of hydrogen-bond donors (Lipinski definition) is 1. The Hall–Kier alpha value is -4.44. The number of nitrogens with one attached hydrogen (secondary N) is 1. The lowest BCUT2D eigenvalue weighted by atomic mass is 10.0. The third kappa shape index (κ3) is 4.57. The van der Waals surface area contributed by atoms with Gasteiger partial charge in [0.25, 0.3) is 0 Å². The molecule has 1 atom stereocenters. The van der Waals surface area contributed by atoms with Gasteiger partial charge in [-0.05, 0) is 37.3 Å². The number of anilines is 1. The molecule has 1 N–H and O–H groups in total. The zero-order valence-electron chi connectivity index (χ0n) is 21.4. The number of thioether (sulfide) groups is 1. The molecule has 6 rings (SSSR count). The molecule has 0 fully saturated rings. The van der Waals surface area contributed by atoms with Crippen LogP contribution in [0.25, 0.3) is 5.69 Å². The molecule has 3 heterocycles. The molecule has 39 heavy (non-hydrogen) atoms. The molecule has 3 aromatic carbocycles. The molecule has 9 nitrogen and oxygen atoms in total. The Morgan fingerprint density at radius 1 is 1.05 bits per heavy atom. The minimum Gasteiger partial charge on any atom is -0.496 e. The maximum Gasteiger partial charge on any atom is 0.248 e. The second-order valence-corrected chi connectivity index (χ2v) is 10.0. The first-order valence-corrected chi connectivity index (χ1v) is 13.4. The highest BCUT2D eigenvalue weighted by atomic mass is 32.2. The van der Waals surface area contributed by atoms with E-state index >= 15 is 0 Å². The summed E-state index contributed by atoms with van der Waals surface area (Å²) >= 11 is 1.38. The second-order valence-electron chi connectivity index (χ2n) is 9.07. The Labute approximate surface area is 229 Å². The summed E-state index contributed by atoms with van der Waals surface area (Å²) < 4.78 is 18.3. The van der Waals surface area contributed by atoms with Crippen LogP contribution in [0.1, 0.15) is 22.9 Å². The van der Waals surface area contributed by atoms with Crippen molar-refractivity contribution >= 4 is 29.3 Å². The number of aromatic nitrogens is 2. The average Bonchev–Trinajstić information content (AvgIpc) is 3.53. The Kier molecular flexibility index (Phi) is 6.62. The van der Waals surface area contributed by atoms with Gasteiger partial charge in [-0.25, -0.2) is 4.68 Å². The zero-order valence-corrected chi connectivity index (χ0v) is 22.2. The topological polar surface area (TPSA) is 94.9 Å². The molecule has 2 amide bonds. The quantitative estimate of drug-likeness (QED) is 0.386. The summed E-state index contributed by atoms with van der Waals surface area (Å²) in [5, 5.41) is 8.61. The van der Waals surface area contributed by atoms with Gasteiger partial charge in [-0.2, -0.15) is 5.10 Å². The van der Waals surface area contributed by atoms with E-state index in [2.05, 4.69) is 5.32 Å². The number of ether oxygens (including phenoxy) is 3. The number of rotatable bonds is 6. The molecule has 10 heteroatoms. The fourth-order valence-electron chi connectivity index (χ4n) is 4.89. The third-order valence-electron chi connectivity index (χ3n) is 6.72. The molecule has 2 aliphatic heterocycles. The van der Waals surface area contributed by atoms with Crippen molar-refractivity contribution in [3.8, 4) is 22.9 Å². The molecule has 0 aliphatic carbocycles. The minimum absolute atomic E-state index is 0.110. The highest BCUT2D eigenvalue weighted by Crippen LogP contribution is 2.43. The van der Waals surface area contributed by atoms with E-state index in [-0.39, 0.29) is 30.9 Å². The SMILES string of the molecule is COc1ccccc1CNC(=O)C1c2c(C)nn(-c3ccccc3)c2SCC(=O)N1c1ccc2c(c1)OCO2. The molecule has 1 aromatic heterocycles. The molecule has 0 radical (unpaired) electrons. The van der Waals surface area contributed by atoms with Crippen LogP contribution in [0, 0.1) is 6.92 Å². The minimum atomic E-state index is -0.963. The van der Waals surface area contributed by atoms with Crippen LogP contribution in [0.2, 0.25) is 0 Å². The predicted octanol–water partition coefficient (Wildman–Crippen LogP) is 4.41. The first-order chi connectivity index (χ1) is 19.0. The number of aryl methyl sites for hydroxylation is 1.